The molecule has 0 bridgehead atoms. The number of benzene rings is 1. The zero-order valence-corrected chi connectivity index (χ0v) is 20.7. The highest BCUT2D eigenvalue weighted by Gasteiger charge is 2.38. The molecule has 5 rings (SSSR count). The highest BCUT2D eigenvalue weighted by molar-refractivity contribution is 6.33. The van der Waals surface area contributed by atoms with Gasteiger partial charge in [0.2, 0.25) is 0 Å². The number of nitrogens with zero attached hydrogens (tertiary/aromatic N) is 3. The second-order valence-corrected chi connectivity index (χ2v) is 8.20. The smallest absolute Gasteiger partial charge is 0.475 e. The SMILES string of the molecule is Cc1cccc(Cl)c1-c1nc2c([nH]1)-c1ccncc1Nc1ncccc1-2.O=C(O)C(F)(F)F.O=C(O)C(F)(F)F. The molecule has 0 saturated carbocycles. The number of fused-ring (bicyclic) bond motifs is 5. The number of aliphatic carboxylic acids is 2. The maximum absolute atomic E-state index is 10.6. The predicted octanol–water partition coefficient (Wildman–Crippen LogP) is 6.49. The Morgan fingerprint density at radius 1 is 0.900 bits per heavy atom. The van der Waals surface area contributed by atoms with Crippen molar-refractivity contribution in [2.24, 2.45) is 0 Å². The highest BCUT2D eigenvalue weighted by atomic mass is 35.5. The van der Waals surface area contributed by atoms with Gasteiger partial charge in [0.05, 0.1) is 22.6 Å². The number of aromatic nitrogens is 4. The van der Waals surface area contributed by atoms with Crippen LogP contribution in [0.1, 0.15) is 5.56 Å². The summed E-state index contributed by atoms with van der Waals surface area (Å²) in [5.41, 5.74) is 6.58. The molecule has 4 aromatic rings. The molecule has 4 heterocycles. The molecule has 0 saturated heterocycles. The summed E-state index contributed by atoms with van der Waals surface area (Å²) in [4.78, 5) is 34.9. The van der Waals surface area contributed by atoms with Crippen molar-refractivity contribution in [3.63, 3.8) is 0 Å². The van der Waals surface area contributed by atoms with Gasteiger partial charge in [-0.15, -0.1) is 0 Å². The minimum Gasteiger partial charge on any atom is -0.475 e. The van der Waals surface area contributed by atoms with Crippen LogP contribution in [0.3, 0.4) is 0 Å². The Labute approximate surface area is 225 Å². The van der Waals surface area contributed by atoms with Gasteiger partial charge in [0.15, 0.2) is 0 Å². The molecule has 210 valence electrons. The molecule has 9 nitrogen and oxygen atoms in total. The fraction of sp³-hybridized carbons (Fsp3) is 0.125. The number of carbonyl (C=O) groups is 2. The van der Waals surface area contributed by atoms with Crippen molar-refractivity contribution in [1.29, 1.82) is 0 Å². The van der Waals surface area contributed by atoms with Gasteiger partial charge in [-0.3, -0.25) is 4.98 Å². The highest BCUT2D eigenvalue weighted by Crippen LogP contribution is 2.43. The first-order valence-electron chi connectivity index (χ1n) is 10.7. The maximum Gasteiger partial charge on any atom is 0.490 e. The molecule has 40 heavy (non-hydrogen) atoms. The van der Waals surface area contributed by atoms with Crippen LogP contribution in [-0.2, 0) is 9.59 Å². The Bertz CT molecular complexity index is 1450. The molecule has 4 N–H and O–H groups in total. The van der Waals surface area contributed by atoms with E-state index < -0.39 is 24.3 Å². The van der Waals surface area contributed by atoms with Gasteiger partial charge in [-0.05, 0) is 36.8 Å². The topological polar surface area (TPSA) is 141 Å². The van der Waals surface area contributed by atoms with E-state index in [0.717, 1.165) is 51.0 Å². The molecule has 1 aliphatic rings. The standard InChI is InChI=1S/C20H14ClN5.2C2HF3O2/c1-11-4-2-6-14(21)16(11)20-25-17-12-7-9-22-10-15(12)24-19-13(18(17)26-20)5-3-8-23-19;2*3-2(4,5)1(6)7/h2-10H,1H3,(H,23,24)(H,25,26);2*(H,6,7). The average molecular weight is 588 g/mol. The third kappa shape index (κ3) is 6.85. The lowest BCUT2D eigenvalue weighted by Crippen LogP contribution is -2.21. The van der Waals surface area contributed by atoms with E-state index in [9.17, 15) is 26.3 Å². The van der Waals surface area contributed by atoms with Crippen LogP contribution in [-0.4, -0.2) is 54.4 Å². The van der Waals surface area contributed by atoms with Gasteiger partial charge >= 0.3 is 24.3 Å². The molecule has 0 spiro atoms. The monoisotopic (exact) mass is 587 g/mol. The zero-order valence-electron chi connectivity index (χ0n) is 19.9. The lowest BCUT2D eigenvalue weighted by Gasteiger charge is -2.08. The summed E-state index contributed by atoms with van der Waals surface area (Å²) in [6.45, 7) is 2.03. The van der Waals surface area contributed by atoms with E-state index in [1.54, 1.807) is 18.6 Å². The number of halogens is 7. The van der Waals surface area contributed by atoms with Gasteiger partial charge in [-0.25, -0.2) is 19.6 Å². The van der Waals surface area contributed by atoms with Gasteiger partial charge in [0.1, 0.15) is 17.3 Å². The summed E-state index contributed by atoms with van der Waals surface area (Å²) >= 11 is 6.47. The van der Waals surface area contributed by atoms with E-state index in [0.29, 0.717) is 5.02 Å². The average Bonchev–Trinajstić information content (AvgIpc) is 3.23. The number of hydrogen-bond donors (Lipinski definition) is 4. The fourth-order valence-corrected chi connectivity index (χ4v) is 3.66. The van der Waals surface area contributed by atoms with Crippen LogP contribution >= 0.6 is 11.6 Å². The minimum absolute atomic E-state index is 0.674. The third-order valence-electron chi connectivity index (χ3n) is 5.05. The van der Waals surface area contributed by atoms with E-state index >= 15 is 0 Å². The lowest BCUT2D eigenvalue weighted by atomic mass is 10.1. The minimum atomic E-state index is -5.08. The number of alkyl halides is 6. The van der Waals surface area contributed by atoms with Gasteiger partial charge in [-0.2, -0.15) is 26.3 Å². The molecule has 1 aliphatic heterocycles. The number of rotatable bonds is 1. The van der Waals surface area contributed by atoms with Gasteiger partial charge in [0.25, 0.3) is 0 Å². The number of carboxylic acids is 2. The number of aromatic amines is 1. The summed E-state index contributed by atoms with van der Waals surface area (Å²) in [5, 5.41) is 18.3. The molecule has 0 amide bonds. The molecule has 3 aromatic heterocycles. The van der Waals surface area contributed by atoms with Crippen molar-refractivity contribution < 1.29 is 46.1 Å². The molecule has 0 fully saturated rings. The van der Waals surface area contributed by atoms with Gasteiger partial charge in [-0.1, -0.05) is 23.7 Å². The molecule has 16 heteroatoms. The summed E-state index contributed by atoms with van der Waals surface area (Å²) in [5.74, 6) is -4.01. The van der Waals surface area contributed by atoms with Gasteiger partial charge in [0, 0.05) is 29.1 Å². The predicted molar refractivity (Wildman–Crippen MR) is 131 cm³/mol. The maximum atomic E-state index is 10.6. The van der Waals surface area contributed by atoms with Crippen LogP contribution in [0.15, 0.2) is 55.0 Å². The summed E-state index contributed by atoms with van der Waals surface area (Å²) in [6, 6.07) is 11.7. The number of carboxylic acid groups (broad SMARTS) is 2. The van der Waals surface area contributed by atoms with Crippen molar-refractivity contribution in [2.75, 3.05) is 5.32 Å². The van der Waals surface area contributed by atoms with Crippen LogP contribution in [0.4, 0.5) is 37.8 Å². The Morgan fingerprint density at radius 3 is 2.10 bits per heavy atom. The molecule has 0 unspecified atom stereocenters. The number of H-pyrrole nitrogens is 1. The first-order chi connectivity index (χ1) is 18.6. The molecular formula is C24H16ClF6N5O4. The Hall–Kier alpha value is -4.66. The second-order valence-electron chi connectivity index (χ2n) is 7.79. The first-order valence-corrected chi connectivity index (χ1v) is 11.1. The van der Waals surface area contributed by atoms with E-state index in [4.69, 9.17) is 36.4 Å². The largest absolute Gasteiger partial charge is 0.490 e. The fourth-order valence-electron chi connectivity index (χ4n) is 3.35. The Morgan fingerprint density at radius 2 is 1.52 bits per heavy atom. The number of imidazole rings is 1. The Balaban J connectivity index is 0.000000263. The number of aryl methyl sites for hydroxylation is 1. The van der Waals surface area contributed by atoms with Crippen molar-refractivity contribution >= 4 is 35.0 Å². The van der Waals surface area contributed by atoms with E-state index in [-0.39, 0.29) is 0 Å². The Kier molecular flexibility index (Phi) is 8.68. The van der Waals surface area contributed by atoms with E-state index in [2.05, 4.69) is 20.3 Å². The van der Waals surface area contributed by atoms with Crippen LogP contribution in [0.5, 0.6) is 0 Å². The van der Waals surface area contributed by atoms with Crippen LogP contribution in [0.2, 0.25) is 5.02 Å². The summed E-state index contributed by atoms with van der Waals surface area (Å²) in [7, 11) is 0. The van der Waals surface area contributed by atoms with Crippen molar-refractivity contribution in [3.05, 3.63) is 65.6 Å². The normalized spacial score (nSPS) is 11.6. The zero-order chi connectivity index (χ0) is 29.8. The van der Waals surface area contributed by atoms with E-state index in [1.807, 2.05) is 43.3 Å². The molecule has 0 radical (unpaired) electrons. The van der Waals surface area contributed by atoms with Gasteiger partial charge < -0.3 is 20.5 Å². The second kappa shape index (κ2) is 11.6. The lowest BCUT2D eigenvalue weighted by molar-refractivity contribution is -0.193. The number of nitrogens with one attached hydrogen (secondary N) is 2. The van der Waals surface area contributed by atoms with E-state index in [1.165, 1.54) is 0 Å². The van der Waals surface area contributed by atoms with Crippen LogP contribution in [0, 0.1) is 6.92 Å². The van der Waals surface area contributed by atoms with Crippen molar-refractivity contribution in [1.82, 2.24) is 19.9 Å². The molecule has 1 aromatic carbocycles. The van der Waals surface area contributed by atoms with Crippen LogP contribution in [0.25, 0.3) is 33.9 Å². The first kappa shape index (κ1) is 29.9. The van der Waals surface area contributed by atoms with Crippen LogP contribution < -0.4 is 5.32 Å². The molecule has 0 atom stereocenters. The van der Waals surface area contributed by atoms with Crippen molar-refractivity contribution in [3.8, 4) is 33.9 Å². The number of anilines is 2. The molecular weight excluding hydrogens is 572 g/mol. The quantitative estimate of drug-likeness (QED) is 0.163. The number of pyridine rings is 2. The third-order valence-corrected chi connectivity index (χ3v) is 5.37. The summed E-state index contributed by atoms with van der Waals surface area (Å²) in [6.07, 6.45) is -4.84. The molecule has 0 aliphatic carbocycles. The van der Waals surface area contributed by atoms with Crippen molar-refractivity contribution in [2.45, 2.75) is 19.3 Å². The number of hydrogen-bond acceptors (Lipinski definition) is 6. The summed E-state index contributed by atoms with van der Waals surface area (Å²) < 4.78 is 63.5.